The van der Waals surface area contributed by atoms with Gasteiger partial charge in [0.15, 0.2) is 0 Å². The van der Waals surface area contributed by atoms with Crippen LogP contribution in [0, 0.1) is 0 Å². The number of carbonyl (C=O) groups is 1. The highest BCUT2D eigenvalue weighted by Gasteiger charge is 2.14. The SMILES string of the molecule is CC1=C(C(=O)O)SOC=C1. The summed E-state index contributed by atoms with van der Waals surface area (Å²) in [5.41, 5.74) is 0.726. The van der Waals surface area contributed by atoms with Gasteiger partial charge in [-0.15, -0.1) is 0 Å². The molecule has 1 aliphatic heterocycles. The third-order valence-corrected chi connectivity index (χ3v) is 1.93. The summed E-state index contributed by atoms with van der Waals surface area (Å²) in [4.78, 5) is 10.6. The minimum absolute atomic E-state index is 0.252. The molecule has 0 unspecified atom stereocenters. The molecule has 0 radical (unpaired) electrons. The normalized spacial score (nSPS) is 16.9. The lowest BCUT2D eigenvalue weighted by molar-refractivity contribution is -0.131. The summed E-state index contributed by atoms with van der Waals surface area (Å²) >= 11 is 0.873. The summed E-state index contributed by atoms with van der Waals surface area (Å²) in [6, 6.07) is 0. The molecule has 0 saturated carbocycles. The number of hydrogen-bond acceptors (Lipinski definition) is 3. The highest BCUT2D eigenvalue weighted by atomic mass is 32.2. The van der Waals surface area contributed by atoms with Crippen LogP contribution in [0.4, 0.5) is 0 Å². The van der Waals surface area contributed by atoms with Gasteiger partial charge in [0, 0.05) is 0 Å². The Kier molecular flexibility index (Phi) is 2.01. The van der Waals surface area contributed by atoms with Crippen molar-refractivity contribution in [2.75, 3.05) is 0 Å². The minimum Gasteiger partial charge on any atom is -0.477 e. The molecule has 0 spiro atoms. The Hall–Kier alpha value is -0.900. The van der Waals surface area contributed by atoms with E-state index in [4.69, 9.17) is 9.29 Å². The highest BCUT2D eigenvalue weighted by molar-refractivity contribution is 7.99. The molecule has 4 heteroatoms. The van der Waals surface area contributed by atoms with E-state index >= 15 is 0 Å². The monoisotopic (exact) mass is 158 g/mol. The number of allylic oxidation sites excluding steroid dienone is 2. The fraction of sp³-hybridized carbons (Fsp3) is 0.167. The van der Waals surface area contributed by atoms with Crippen molar-refractivity contribution in [1.29, 1.82) is 0 Å². The van der Waals surface area contributed by atoms with E-state index in [-0.39, 0.29) is 4.91 Å². The lowest BCUT2D eigenvalue weighted by Gasteiger charge is -2.06. The smallest absolute Gasteiger partial charge is 0.345 e. The van der Waals surface area contributed by atoms with E-state index in [9.17, 15) is 4.79 Å². The van der Waals surface area contributed by atoms with Crippen molar-refractivity contribution in [3.63, 3.8) is 0 Å². The summed E-state index contributed by atoms with van der Waals surface area (Å²) in [7, 11) is 0. The maximum absolute atomic E-state index is 10.4. The van der Waals surface area contributed by atoms with Crippen molar-refractivity contribution >= 4 is 18.0 Å². The Morgan fingerprint density at radius 2 is 2.50 bits per heavy atom. The van der Waals surface area contributed by atoms with Crippen LogP contribution in [0.1, 0.15) is 6.92 Å². The molecular weight excluding hydrogens is 152 g/mol. The maximum Gasteiger partial charge on any atom is 0.345 e. The van der Waals surface area contributed by atoms with Gasteiger partial charge in [0.1, 0.15) is 11.2 Å². The topological polar surface area (TPSA) is 46.5 Å². The van der Waals surface area contributed by atoms with E-state index < -0.39 is 5.97 Å². The standard InChI is InChI=1S/C6H6O3S/c1-4-2-3-9-10-5(4)6(7)8/h2-3H,1H3,(H,7,8). The Bertz CT molecular complexity index is 217. The molecule has 3 nitrogen and oxygen atoms in total. The Balaban J connectivity index is 2.89. The summed E-state index contributed by atoms with van der Waals surface area (Å²) in [6.45, 7) is 1.73. The van der Waals surface area contributed by atoms with Crippen molar-refractivity contribution in [1.82, 2.24) is 0 Å². The van der Waals surface area contributed by atoms with Crippen molar-refractivity contribution < 1.29 is 14.1 Å². The second kappa shape index (κ2) is 2.79. The third kappa shape index (κ3) is 1.33. The molecule has 0 aromatic rings. The van der Waals surface area contributed by atoms with Crippen LogP contribution in [0.25, 0.3) is 0 Å². The van der Waals surface area contributed by atoms with Crippen molar-refractivity contribution in [3.8, 4) is 0 Å². The molecule has 1 aliphatic rings. The molecule has 0 aliphatic carbocycles. The van der Waals surface area contributed by atoms with Gasteiger partial charge in [-0.1, -0.05) is 0 Å². The first kappa shape index (κ1) is 7.21. The van der Waals surface area contributed by atoms with Gasteiger partial charge in [-0.2, -0.15) is 0 Å². The van der Waals surface area contributed by atoms with Crippen LogP contribution in [0.5, 0.6) is 0 Å². The zero-order valence-corrected chi connectivity index (χ0v) is 6.14. The van der Waals surface area contributed by atoms with Gasteiger partial charge < -0.3 is 9.29 Å². The molecule has 54 valence electrons. The van der Waals surface area contributed by atoms with E-state index in [1.165, 1.54) is 6.26 Å². The third-order valence-electron chi connectivity index (χ3n) is 1.06. The predicted octanol–water partition coefficient (Wildman–Crippen LogP) is 1.54. The van der Waals surface area contributed by atoms with Crippen LogP contribution < -0.4 is 0 Å². The fourth-order valence-corrected chi connectivity index (χ4v) is 1.03. The summed E-state index contributed by atoms with van der Waals surface area (Å²) in [6.07, 6.45) is 3.09. The molecule has 1 N–H and O–H groups in total. The van der Waals surface area contributed by atoms with Crippen molar-refractivity contribution in [3.05, 3.63) is 22.8 Å². The van der Waals surface area contributed by atoms with E-state index in [1.54, 1.807) is 13.0 Å². The average Bonchev–Trinajstić information content (AvgIpc) is 1.88. The summed E-state index contributed by atoms with van der Waals surface area (Å²) in [5.74, 6) is -0.938. The Morgan fingerprint density at radius 3 is 2.90 bits per heavy atom. The first-order valence-corrected chi connectivity index (χ1v) is 3.40. The summed E-state index contributed by atoms with van der Waals surface area (Å²) < 4.78 is 4.71. The molecule has 0 fully saturated rings. The second-order valence-corrected chi connectivity index (χ2v) is 2.57. The number of rotatable bonds is 1. The van der Waals surface area contributed by atoms with Crippen molar-refractivity contribution in [2.45, 2.75) is 6.92 Å². The van der Waals surface area contributed by atoms with Crippen molar-refractivity contribution in [2.24, 2.45) is 0 Å². The maximum atomic E-state index is 10.4. The van der Waals surface area contributed by atoms with Crippen LogP contribution in [0.2, 0.25) is 0 Å². The van der Waals surface area contributed by atoms with Crippen LogP contribution in [-0.2, 0) is 8.98 Å². The average molecular weight is 158 g/mol. The van der Waals surface area contributed by atoms with Gasteiger partial charge in [-0.25, -0.2) is 4.79 Å². The number of carboxylic acids is 1. The number of aliphatic carboxylic acids is 1. The fourth-order valence-electron chi connectivity index (χ4n) is 0.551. The minimum atomic E-state index is -0.938. The van der Waals surface area contributed by atoms with Gasteiger partial charge in [-0.05, 0) is 18.6 Å². The molecule has 0 amide bonds. The second-order valence-electron chi connectivity index (χ2n) is 1.80. The highest BCUT2D eigenvalue weighted by Crippen LogP contribution is 2.26. The van der Waals surface area contributed by atoms with Gasteiger partial charge in [0.25, 0.3) is 0 Å². The van der Waals surface area contributed by atoms with Gasteiger partial charge in [-0.3, -0.25) is 0 Å². The van der Waals surface area contributed by atoms with Gasteiger partial charge in [0.05, 0.1) is 12.0 Å². The first-order valence-electron chi connectivity index (χ1n) is 2.66. The van der Waals surface area contributed by atoms with E-state index in [2.05, 4.69) is 0 Å². The largest absolute Gasteiger partial charge is 0.477 e. The molecule has 10 heavy (non-hydrogen) atoms. The Labute approximate surface area is 62.6 Å². The molecule has 0 aromatic carbocycles. The quantitative estimate of drug-likeness (QED) is 0.588. The number of hydrogen-bond donors (Lipinski definition) is 1. The molecule has 1 heterocycles. The zero-order valence-electron chi connectivity index (χ0n) is 5.33. The van der Waals surface area contributed by atoms with E-state index in [0.717, 1.165) is 17.6 Å². The predicted molar refractivity (Wildman–Crippen MR) is 38.2 cm³/mol. The van der Waals surface area contributed by atoms with Gasteiger partial charge in [0.2, 0.25) is 0 Å². The lowest BCUT2D eigenvalue weighted by atomic mass is 10.3. The van der Waals surface area contributed by atoms with Gasteiger partial charge >= 0.3 is 5.97 Å². The molecule has 1 rings (SSSR count). The number of carboxylic acid groups (broad SMARTS) is 1. The van der Waals surface area contributed by atoms with Crippen LogP contribution in [0.3, 0.4) is 0 Å². The summed E-state index contributed by atoms with van der Waals surface area (Å²) in [5, 5.41) is 8.52. The van der Waals surface area contributed by atoms with Crippen LogP contribution in [-0.4, -0.2) is 11.1 Å². The molecule has 0 aromatic heterocycles. The lowest BCUT2D eigenvalue weighted by Crippen LogP contribution is -2.01. The van der Waals surface area contributed by atoms with Crippen LogP contribution >= 0.6 is 12.0 Å². The Morgan fingerprint density at radius 1 is 1.80 bits per heavy atom. The van der Waals surface area contributed by atoms with Crippen LogP contribution in [0.15, 0.2) is 22.8 Å². The van der Waals surface area contributed by atoms with E-state index in [0.29, 0.717) is 0 Å². The van der Waals surface area contributed by atoms with E-state index in [1.807, 2.05) is 0 Å². The molecule has 0 bridgehead atoms. The zero-order chi connectivity index (χ0) is 7.56. The first-order chi connectivity index (χ1) is 4.72. The molecular formula is C6H6O3S. The molecule has 0 atom stereocenters. The molecule has 0 saturated heterocycles.